The Morgan fingerprint density at radius 3 is 2.40 bits per heavy atom. The van der Waals surface area contributed by atoms with Crippen molar-refractivity contribution in [3.63, 3.8) is 0 Å². The van der Waals surface area contributed by atoms with E-state index in [2.05, 4.69) is 40.5 Å². The van der Waals surface area contributed by atoms with E-state index in [0.29, 0.717) is 18.4 Å². The predicted octanol–water partition coefficient (Wildman–Crippen LogP) is 4.80. The Morgan fingerprint density at radius 2 is 1.77 bits per heavy atom. The van der Waals surface area contributed by atoms with Crippen LogP contribution in [0.3, 0.4) is 0 Å². The molecule has 4 rings (SSSR count). The molecule has 5 nitrogen and oxygen atoms in total. The van der Waals surface area contributed by atoms with E-state index in [0.717, 1.165) is 42.8 Å². The van der Waals surface area contributed by atoms with Crippen molar-refractivity contribution in [2.75, 3.05) is 26.0 Å². The first kappa shape index (κ1) is 20.4. The van der Waals surface area contributed by atoms with Gasteiger partial charge in [-0.15, -0.1) is 11.8 Å². The molecule has 2 aromatic carbocycles. The Kier molecular flexibility index (Phi) is 6.64. The molecule has 1 fully saturated rings. The molecule has 2 heterocycles. The number of ether oxygens (including phenoxy) is 1. The highest BCUT2D eigenvalue weighted by molar-refractivity contribution is 7.98. The molecule has 30 heavy (non-hydrogen) atoms. The van der Waals surface area contributed by atoms with Crippen LogP contribution >= 0.6 is 11.8 Å². The van der Waals surface area contributed by atoms with E-state index in [-0.39, 0.29) is 5.91 Å². The molecule has 1 amide bonds. The van der Waals surface area contributed by atoms with E-state index in [1.165, 1.54) is 4.90 Å². The molecule has 1 aliphatic rings. The van der Waals surface area contributed by atoms with Crippen molar-refractivity contribution in [1.29, 1.82) is 0 Å². The molecule has 0 bridgehead atoms. The van der Waals surface area contributed by atoms with Crippen LogP contribution in [0.25, 0.3) is 11.3 Å². The fraction of sp³-hybridized carbons (Fsp3) is 0.292. The van der Waals surface area contributed by atoms with E-state index in [1.54, 1.807) is 24.2 Å². The number of amides is 1. The van der Waals surface area contributed by atoms with Crippen LogP contribution in [0.15, 0.2) is 71.9 Å². The van der Waals surface area contributed by atoms with E-state index in [9.17, 15) is 4.79 Å². The van der Waals surface area contributed by atoms with E-state index < -0.39 is 0 Å². The average Bonchev–Trinajstić information content (AvgIpc) is 2.83. The summed E-state index contributed by atoms with van der Waals surface area (Å²) in [6.45, 7) is 2.13. The van der Waals surface area contributed by atoms with Crippen molar-refractivity contribution in [3.05, 3.63) is 72.6 Å². The summed E-state index contributed by atoms with van der Waals surface area (Å²) in [5.41, 5.74) is 2.63. The second-order valence-corrected chi connectivity index (χ2v) is 8.26. The Balaban J connectivity index is 1.26. The lowest BCUT2D eigenvalue weighted by Gasteiger charge is -2.31. The number of hydrogen-bond donors (Lipinski definition) is 0. The van der Waals surface area contributed by atoms with E-state index in [1.807, 2.05) is 35.2 Å². The Labute approximate surface area is 181 Å². The van der Waals surface area contributed by atoms with Crippen LogP contribution < -0.4 is 4.74 Å². The smallest absolute Gasteiger partial charge is 0.253 e. The third kappa shape index (κ3) is 5.00. The molecule has 0 unspecified atom stereocenters. The summed E-state index contributed by atoms with van der Waals surface area (Å²) in [6, 6.07) is 17.8. The molecule has 6 heteroatoms. The van der Waals surface area contributed by atoms with Gasteiger partial charge < -0.3 is 9.64 Å². The summed E-state index contributed by atoms with van der Waals surface area (Å²) in [4.78, 5) is 24.6. The van der Waals surface area contributed by atoms with Gasteiger partial charge in [-0.1, -0.05) is 30.3 Å². The summed E-state index contributed by atoms with van der Waals surface area (Å²) >= 11 is 1.72. The monoisotopic (exact) mass is 419 g/mol. The minimum atomic E-state index is 0.113. The maximum Gasteiger partial charge on any atom is 0.253 e. The highest BCUT2D eigenvalue weighted by atomic mass is 32.2. The zero-order valence-corrected chi connectivity index (χ0v) is 17.8. The van der Waals surface area contributed by atoms with Crippen LogP contribution in [-0.4, -0.2) is 46.7 Å². The number of aromatic nitrogens is 2. The standard InChI is InChI=1S/C24H25N3O2S/c1-30-21-9-7-19(8-10-21)22-15-26-23(16-25-22)29-17-18-11-13-27(14-12-18)24(28)20-5-3-2-4-6-20/h2-10,15-16,18H,11-14,17H2,1H3. The van der Waals surface area contributed by atoms with Gasteiger partial charge in [-0.25, -0.2) is 9.97 Å². The quantitative estimate of drug-likeness (QED) is 0.538. The number of piperidine rings is 1. The molecule has 0 saturated carbocycles. The number of hydrogen-bond acceptors (Lipinski definition) is 5. The predicted molar refractivity (Wildman–Crippen MR) is 120 cm³/mol. The summed E-state index contributed by atoms with van der Waals surface area (Å²) in [7, 11) is 0. The van der Waals surface area contributed by atoms with Gasteiger partial charge in [0.05, 0.1) is 24.7 Å². The molecule has 3 aromatic rings. The van der Waals surface area contributed by atoms with Crippen LogP contribution in [0.2, 0.25) is 0 Å². The Hall–Kier alpha value is -2.86. The minimum absolute atomic E-state index is 0.113. The van der Waals surface area contributed by atoms with Crippen molar-refractivity contribution in [2.24, 2.45) is 5.92 Å². The van der Waals surface area contributed by atoms with Gasteiger partial charge in [0.2, 0.25) is 5.88 Å². The molecule has 1 aliphatic heterocycles. The number of likely N-dealkylation sites (tertiary alicyclic amines) is 1. The zero-order chi connectivity index (χ0) is 20.8. The SMILES string of the molecule is CSc1ccc(-c2cnc(OCC3CCN(C(=O)c4ccccc4)CC3)cn2)cc1. The minimum Gasteiger partial charge on any atom is -0.476 e. The van der Waals surface area contributed by atoms with Gasteiger partial charge in [0.25, 0.3) is 5.91 Å². The van der Waals surface area contributed by atoms with Crippen LogP contribution in [0.5, 0.6) is 5.88 Å². The van der Waals surface area contributed by atoms with Gasteiger partial charge in [-0.3, -0.25) is 4.79 Å². The Bertz CT molecular complexity index is 954. The van der Waals surface area contributed by atoms with Gasteiger partial charge in [0, 0.05) is 29.1 Å². The number of rotatable bonds is 6. The van der Waals surface area contributed by atoms with Gasteiger partial charge in [-0.2, -0.15) is 0 Å². The molecular formula is C24H25N3O2S. The van der Waals surface area contributed by atoms with Crippen LogP contribution in [-0.2, 0) is 0 Å². The lowest BCUT2D eigenvalue weighted by molar-refractivity contribution is 0.0659. The molecule has 0 N–H and O–H groups in total. The highest BCUT2D eigenvalue weighted by Gasteiger charge is 2.24. The molecule has 1 saturated heterocycles. The van der Waals surface area contributed by atoms with Crippen molar-refractivity contribution < 1.29 is 9.53 Å². The fourth-order valence-electron chi connectivity index (χ4n) is 3.57. The maximum absolute atomic E-state index is 12.5. The third-order valence-electron chi connectivity index (χ3n) is 5.40. The third-order valence-corrected chi connectivity index (χ3v) is 6.15. The van der Waals surface area contributed by atoms with Crippen LogP contribution in [0.4, 0.5) is 0 Å². The van der Waals surface area contributed by atoms with Crippen LogP contribution in [0.1, 0.15) is 23.2 Å². The van der Waals surface area contributed by atoms with Crippen molar-refractivity contribution in [1.82, 2.24) is 14.9 Å². The number of carbonyl (C=O) groups is 1. The summed E-state index contributed by atoms with van der Waals surface area (Å²) in [5.74, 6) is 1.08. The van der Waals surface area contributed by atoms with E-state index in [4.69, 9.17) is 4.74 Å². The highest BCUT2D eigenvalue weighted by Crippen LogP contribution is 2.23. The zero-order valence-electron chi connectivity index (χ0n) is 17.0. The van der Waals surface area contributed by atoms with Crippen molar-refractivity contribution in [3.8, 4) is 17.1 Å². The number of thioether (sulfide) groups is 1. The van der Waals surface area contributed by atoms with Gasteiger partial charge in [-0.05, 0) is 49.3 Å². The Morgan fingerprint density at radius 1 is 1.03 bits per heavy atom. The topological polar surface area (TPSA) is 55.3 Å². The second-order valence-electron chi connectivity index (χ2n) is 7.38. The van der Waals surface area contributed by atoms with Gasteiger partial charge >= 0.3 is 0 Å². The molecular weight excluding hydrogens is 394 g/mol. The van der Waals surface area contributed by atoms with Crippen LogP contribution in [0, 0.1) is 5.92 Å². The molecule has 0 spiro atoms. The summed E-state index contributed by atoms with van der Waals surface area (Å²) in [5, 5.41) is 0. The maximum atomic E-state index is 12.5. The molecule has 1 aromatic heterocycles. The number of carbonyl (C=O) groups excluding carboxylic acids is 1. The molecule has 0 aliphatic carbocycles. The number of nitrogens with zero attached hydrogens (tertiary/aromatic N) is 3. The first-order valence-electron chi connectivity index (χ1n) is 10.2. The number of benzene rings is 2. The molecule has 0 atom stereocenters. The molecule has 154 valence electrons. The van der Waals surface area contributed by atoms with E-state index >= 15 is 0 Å². The lowest BCUT2D eigenvalue weighted by atomic mass is 9.97. The fourth-order valence-corrected chi connectivity index (χ4v) is 3.98. The first-order chi connectivity index (χ1) is 14.7. The largest absolute Gasteiger partial charge is 0.476 e. The lowest BCUT2D eigenvalue weighted by Crippen LogP contribution is -2.39. The second kappa shape index (κ2) is 9.76. The summed E-state index contributed by atoms with van der Waals surface area (Å²) < 4.78 is 5.87. The van der Waals surface area contributed by atoms with Gasteiger partial charge in [0.15, 0.2) is 0 Å². The summed E-state index contributed by atoms with van der Waals surface area (Å²) in [6.07, 6.45) is 7.38. The molecule has 0 radical (unpaired) electrons. The van der Waals surface area contributed by atoms with Crippen molar-refractivity contribution in [2.45, 2.75) is 17.7 Å². The van der Waals surface area contributed by atoms with Gasteiger partial charge in [0.1, 0.15) is 0 Å². The first-order valence-corrected chi connectivity index (χ1v) is 11.4. The van der Waals surface area contributed by atoms with Crippen molar-refractivity contribution >= 4 is 17.7 Å². The normalized spacial score (nSPS) is 14.5. The average molecular weight is 420 g/mol.